The van der Waals surface area contributed by atoms with Gasteiger partial charge in [-0.25, -0.2) is 0 Å². The van der Waals surface area contributed by atoms with E-state index in [1.54, 1.807) is 4.90 Å². The molecule has 2 fully saturated rings. The van der Waals surface area contributed by atoms with E-state index >= 15 is 0 Å². The highest BCUT2D eigenvalue weighted by Gasteiger charge is 2.34. The fourth-order valence-corrected chi connectivity index (χ4v) is 4.08. The summed E-state index contributed by atoms with van der Waals surface area (Å²) in [6.07, 6.45) is 3.98. The fraction of sp³-hybridized carbons (Fsp3) is 0.375. The number of ether oxygens (including phenoxy) is 3. The summed E-state index contributed by atoms with van der Waals surface area (Å²) in [6, 6.07) is 5.62. The van der Waals surface area contributed by atoms with Gasteiger partial charge in [0.05, 0.1) is 17.6 Å². The van der Waals surface area contributed by atoms with Gasteiger partial charge < -0.3 is 14.2 Å². The number of carbonyl (C=O) groups is 1. The van der Waals surface area contributed by atoms with Gasteiger partial charge in [0.15, 0.2) is 11.5 Å². The SMILES string of the molecule is O=C1/C(=C/c2ccc3c(c2)OCO3)SC(=S)N1C[C@@H]1CCCO1. The molecule has 1 aromatic rings. The van der Waals surface area contributed by atoms with Gasteiger partial charge in [0, 0.05) is 6.61 Å². The second-order valence-electron chi connectivity index (χ2n) is 5.54. The Labute approximate surface area is 143 Å². The summed E-state index contributed by atoms with van der Waals surface area (Å²) in [5, 5.41) is 0. The van der Waals surface area contributed by atoms with Crippen molar-refractivity contribution in [3.05, 3.63) is 28.7 Å². The first-order valence-electron chi connectivity index (χ1n) is 7.47. The van der Waals surface area contributed by atoms with E-state index < -0.39 is 0 Å². The molecule has 3 aliphatic rings. The molecule has 3 heterocycles. The average Bonchev–Trinajstić information content (AvgIpc) is 3.26. The molecule has 0 bridgehead atoms. The molecule has 7 heteroatoms. The molecule has 3 aliphatic heterocycles. The second-order valence-corrected chi connectivity index (χ2v) is 7.22. The average molecular weight is 349 g/mol. The van der Waals surface area contributed by atoms with Crippen LogP contribution in [0.2, 0.25) is 0 Å². The van der Waals surface area contributed by atoms with Crippen LogP contribution in [0.4, 0.5) is 0 Å². The quantitative estimate of drug-likeness (QED) is 0.618. The lowest BCUT2D eigenvalue weighted by molar-refractivity contribution is -0.123. The van der Waals surface area contributed by atoms with Gasteiger partial charge in [-0.05, 0) is 36.6 Å². The molecule has 2 saturated heterocycles. The molecule has 120 valence electrons. The van der Waals surface area contributed by atoms with Crippen LogP contribution in [0.25, 0.3) is 6.08 Å². The molecule has 5 nitrogen and oxygen atoms in total. The first-order chi connectivity index (χ1) is 11.2. The van der Waals surface area contributed by atoms with Crippen molar-refractivity contribution in [3.8, 4) is 11.5 Å². The van der Waals surface area contributed by atoms with Crippen LogP contribution >= 0.6 is 24.0 Å². The van der Waals surface area contributed by atoms with Gasteiger partial charge in [-0.1, -0.05) is 30.0 Å². The maximum Gasteiger partial charge on any atom is 0.266 e. The second kappa shape index (κ2) is 6.14. The van der Waals surface area contributed by atoms with Crippen molar-refractivity contribution in [2.45, 2.75) is 18.9 Å². The summed E-state index contributed by atoms with van der Waals surface area (Å²) < 4.78 is 16.9. The summed E-state index contributed by atoms with van der Waals surface area (Å²) >= 11 is 6.69. The number of amides is 1. The summed E-state index contributed by atoms with van der Waals surface area (Å²) in [5.41, 5.74) is 0.895. The zero-order chi connectivity index (χ0) is 15.8. The van der Waals surface area contributed by atoms with Crippen molar-refractivity contribution < 1.29 is 19.0 Å². The normalized spacial score (nSPS) is 25.0. The Morgan fingerprint density at radius 2 is 2.22 bits per heavy atom. The molecule has 1 atom stereocenters. The van der Waals surface area contributed by atoms with Crippen LogP contribution in [0, 0.1) is 0 Å². The number of benzene rings is 1. The number of carbonyl (C=O) groups excluding carboxylic acids is 1. The van der Waals surface area contributed by atoms with Gasteiger partial charge >= 0.3 is 0 Å². The third-order valence-electron chi connectivity index (χ3n) is 3.98. The first-order valence-corrected chi connectivity index (χ1v) is 8.70. The lowest BCUT2D eigenvalue weighted by atomic mass is 10.2. The molecule has 4 rings (SSSR count). The monoisotopic (exact) mass is 349 g/mol. The number of fused-ring (bicyclic) bond motifs is 1. The third-order valence-corrected chi connectivity index (χ3v) is 5.36. The predicted octanol–water partition coefficient (Wildman–Crippen LogP) is 2.80. The first kappa shape index (κ1) is 15.0. The van der Waals surface area contributed by atoms with Gasteiger partial charge in [0.25, 0.3) is 5.91 Å². The summed E-state index contributed by atoms with van der Waals surface area (Å²) in [6.45, 7) is 1.55. The van der Waals surface area contributed by atoms with Crippen molar-refractivity contribution >= 4 is 40.3 Å². The smallest absolute Gasteiger partial charge is 0.266 e. The molecule has 0 unspecified atom stereocenters. The third kappa shape index (κ3) is 2.96. The van der Waals surface area contributed by atoms with Crippen LogP contribution in [0.5, 0.6) is 11.5 Å². The van der Waals surface area contributed by atoms with Gasteiger partial charge in [-0.3, -0.25) is 9.69 Å². The summed E-state index contributed by atoms with van der Waals surface area (Å²) in [5.74, 6) is 1.38. The topological polar surface area (TPSA) is 48.0 Å². The Balaban J connectivity index is 1.52. The molecule has 0 aromatic heterocycles. The van der Waals surface area contributed by atoms with Crippen molar-refractivity contribution in [2.24, 2.45) is 0 Å². The molecule has 0 radical (unpaired) electrons. The minimum absolute atomic E-state index is 0.0480. The van der Waals surface area contributed by atoms with Crippen molar-refractivity contribution in [1.82, 2.24) is 4.90 Å². The van der Waals surface area contributed by atoms with Crippen LogP contribution in [0.15, 0.2) is 23.1 Å². The number of nitrogens with zero attached hydrogens (tertiary/aromatic N) is 1. The zero-order valence-electron chi connectivity index (χ0n) is 12.3. The number of thiocarbonyl (C=S) groups is 1. The van der Waals surface area contributed by atoms with Gasteiger partial charge in [-0.15, -0.1) is 0 Å². The molecule has 1 aromatic carbocycles. The van der Waals surface area contributed by atoms with E-state index in [1.807, 2.05) is 24.3 Å². The highest BCUT2D eigenvalue weighted by atomic mass is 32.2. The van der Waals surface area contributed by atoms with Crippen LogP contribution in [0.3, 0.4) is 0 Å². The lowest BCUT2D eigenvalue weighted by Gasteiger charge is -2.18. The molecule has 0 aliphatic carbocycles. The van der Waals surface area contributed by atoms with Gasteiger partial charge in [-0.2, -0.15) is 0 Å². The molecule has 0 saturated carbocycles. The Morgan fingerprint density at radius 1 is 1.35 bits per heavy atom. The Kier molecular flexibility index (Phi) is 4.00. The lowest BCUT2D eigenvalue weighted by Crippen LogP contribution is -2.35. The summed E-state index contributed by atoms with van der Waals surface area (Å²) in [4.78, 5) is 14.9. The van der Waals surface area contributed by atoms with Crippen LogP contribution in [-0.4, -0.2) is 41.2 Å². The molecule has 23 heavy (non-hydrogen) atoms. The van der Waals surface area contributed by atoms with E-state index in [0.717, 1.165) is 30.8 Å². The van der Waals surface area contributed by atoms with E-state index in [0.29, 0.717) is 21.5 Å². The Hall–Kier alpha value is -1.57. The number of hydrogen-bond acceptors (Lipinski definition) is 6. The van der Waals surface area contributed by atoms with E-state index in [1.165, 1.54) is 11.8 Å². The van der Waals surface area contributed by atoms with E-state index in [2.05, 4.69) is 0 Å². The van der Waals surface area contributed by atoms with Crippen molar-refractivity contribution in [1.29, 1.82) is 0 Å². The van der Waals surface area contributed by atoms with E-state index in [-0.39, 0.29) is 18.8 Å². The molecule has 0 N–H and O–H groups in total. The Bertz CT molecular complexity index is 697. The number of rotatable bonds is 3. The maximum atomic E-state index is 12.6. The number of hydrogen-bond donors (Lipinski definition) is 0. The van der Waals surface area contributed by atoms with Crippen molar-refractivity contribution in [2.75, 3.05) is 19.9 Å². The standard InChI is InChI=1S/C16H15NO4S2/c18-15-14(7-10-3-4-12-13(6-10)21-9-20-12)23-16(22)17(15)8-11-2-1-5-19-11/h3-4,6-7,11H,1-2,5,8-9H2/b14-7-/t11-/m0/s1. The van der Waals surface area contributed by atoms with Crippen LogP contribution < -0.4 is 9.47 Å². The molecular formula is C16H15NO4S2. The van der Waals surface area contributed by atoms with Crippen LogP contribution in [-0.2, 0) is 9.53 Å². The molecular weight excluding hydrogens is 334 g/mol. The van der Waals surface area contributed by atoms with Gasteiger partial charge in [0.1, 0.15) is 4.32 Å². The molecule has 0 spiro atoms. The maximum absolute atomic E-state index is 12.6. The van der Waals surface area contributed by atoms with E-state index in [4.69, 9.17) is 26.4 Å². The minimum Gasteiger partial charge on any atom is -0.454 e. The highest BCUT2D eigenvalue weighted by Crippen LogP contribution is 2.36. The van der Waals surface area contributed by atoms with Crippen LogP contribution in [0.1, 0.15) is 18.4 Å². The molecule has 1 amide bonds. The largest absolute Gasteiger partial charge is 0.454 e. The number of thioether (sulfide) groups is 1. The highest BCUT2D eigenvalue weighted by molar-refractivity contribution is 8.26. The minimum atomic E-state index is -0.0480. The Morgan fingerprint density at radius 3 is 3.04 bits per heavy atom. The van der Waals surface area contributed by atoms with E-state index in [9.17, 15) is 4.79 Å². The van der Waals surface area contributed by atoms with Crippen molar-refractivity contribution in [3.63, 3.8) is 0 Å². The summed E-state index contributed by atoms with van der Waals surface area (Å²) in [7, 11) is 0. The van der Waals surface area contributed by atoms with Gasteiger partial charge in [0.2, 0.25) is 6.79 Å². The fourth-order valence-electron chi connectivity index (χ4n) is 2.80. The zero-order valence-corrected chi connectivity index (χ0v) is 14.0. The predicted molar refractivity (Wildman–Crippen MR) is 91.4 cm³/mol.